The van der Waals surface area contributed by atoms with E-state index in [0.717, 1.165) is 11.1 Å². The summed E-state index contributed by atoms with van der Waals surface area (Å²) in [7, 11) is 0. The van der Waals surface area contributed by atoms with Crippen molar-refractivity contribution in [3.05, 3.63) is 59.7 Å². The number of nitrogens with one attached hydrogen (secondary N) is 2. The number of carbonyl (C=O) groups excluding carboxylic acids is 3. The van der Waals surface area contributed by atoms with E-state index in [9.17, 15) is 19.5 Å². The third-order valence-electron chi connectivity index (χ3n) is 8.05. The van der Waals surface area contributed by atoms with Gasteiger partial charge >= 0.3 is 0 Å². The molecule has 0 saturated carbocycles. The van der Waals surface area contributed by atoms with Gasteiger partial charge in [-0.25, -0.2) is 0 Å². The molecule has 7 nitrogen and oxygen atoms in total. The van der Waals surface area contributed by atoms with E-state index >= 15 is 0 Å². The summed E-state index contributed by atoms with van der Waals surface area (Å²) in [6.45, 7) is 5.56. The number of anilines is 2. The van der Waals surface area contributed by atoms with Crippen molar-refractivity contribution in [2.45, 2.75) is 60.5 Å². The van der Waals surface area contributed by atoms with Crippen LogP contribution in [0.1, 0.15) is 30.9 Å². The first-order chi connectivity index (χ1) is 17.7. The summed E-state index contributed by atoms with van der Waals surface area (Å²) >= 11 is 5.38. The van der Waals surface area contributed by atoms with Gasteiger partial charge in [-0.1, -0.05) is 53.2 Å². The van der Waals surface area contributed by atoms with Crippen LogP contribution < -0.4 is 10.6 Å². The maximum atomic E-state index is 14.1. The smallest absolute Gasteiger partial charge is 0.248 e. The van der Waals surface area contributed by atoms with E-state index in [2.05, 4.69) is 26.6 Å². The lowest BCUT2D eigenvalue weighted by Crippen LogP contribution is -2.55. The Hall–Kier alpha value is -2.36. The number of aliphatic hydroxyl groups is 1. The molecule has 2 bridgehead atoms. The van der Waals surface area contributed by atoms with Gasteiger partial charge in [0.1, 0.15) is 6.04 Å². The van der Waals surface area contributed by atoms with Crippen molar-refractivity contribution in [1.29, 1.82) is 0 Å². The number of amides is 3. The molecule has 2 aromatic rings. The molecule has 3 saturated heterocycles. The van der Waals surface area contributed by atoms with Crippen LogP contribution in [0, 0.1) is 25.7 Å². The molecule has 37 heavy (non-hydrogen) atoms. The highest BCUT2D eigenvalue weighted by molar-refractivity contribution is 9.09. The largest absolute Gasteiger partial charge is 0.394 e. The highest BCUT2D eigenvalue weighted by Gasteiger charge is 2.76. The number of alkyl halides is 1. The molecule has 3 heterocycles. The Bertz CT molecular complexity index is 1220. The van der Waals surface area contributed by atoms with Gasteiger partial charge in [0.25, 0.3) is 0 Å². The van der Waals surface area contributed by atoms with Crippen molar-refractivity contribution in [1.82, 2.24) is 4.90 Å². The molecule has 196 valence electrons. The first kappa shape index (κ1) is 26.3. The fourth-order valence-corrected chi connectivity index (χ4v) is 9.89. The first-order valence-electron chi connectivity index (χ1n) is 12.7. The molecular weight excluding hydrogens is 554 g/mol. The van der Waals surface area contributed by atoms with Crippen LogP contribution in [0.4, 0.5) is 11.4 Å². The summed E-state index contributed by atoms with van der Waals surface area (Å²) in [5, 5.41) is 16.2. The SMILES string of the molecule is CC[C@@H](CO)N1C(=O)[C@@H]2[C@@H](C(=O)Nc3ccccc3)[C@@H]3SC2(CC3Br)C1C(=O)Nc1cc(C)ccc1C. The lowest BCUT2D eigenvalue weighted by Gasteiger charge is -2.37. The molecular formula is C28H32BrN3O4S. The van der Waals surface area contributed by atoms with Crippen LogP contribution in [0.5, 0.6) is 0 Å². The molecule has 3 aliphatic heterocycles. The monoisotopic (exact) mass is 585 g/mol. The number of para-hydroxylation sites is 1. The van der Waals surface area contributed by atoms with Gasteiger partial charge in [-0.2, -0.15) is 0 Å². The van der Waals surface area contributed by atoms with Gasteiger partial charge in [0.05, 0.1) is 29.2 Å². The minimum atomic E-state index is -0.799. The van der Waals surface area contributed by atoms with Gasteiger partial charge in [0.15, 0.2) is 0 Å². The number of benzene rings is 2. The fourth-order valence-electron chi connectivity index (χ4n) is 6.29. The Kier molecular flexibility index (Phi) is 7.15. The molecule has 7 atom stereocenters. The molecule has 0 aromatic heterocycles. The molecule has 0 aliphatic carbocycles. The van der Waals surface area contributed by atoms with E-state index in [4.69, 9.17) is 0 Å². The van der Waals surface area contributed by atoms with Crippen molar-refractivity contribution < 1.29 is 19.5 Å². The van der Waals surface area contributed by atoms with E-state index in [1.165, 1.54) is 0 Å². The summed E-state index contributed by atoms with van der Waals surface area (Å²) < 4.78 is -0.765. The Morgan fingerprint density at radius 1 is 1.16 bits per heavy atom. The first-order valence-corrected chi connectivity index (χ1v) is 14.5. The summed E-state index contributed by atoms with van der Waals surface area (Å²) in [4.78, 5) is 43.4. The number of likely N-dealkylation sites (tertiary alicyclic amines) is 1. The number of hydrogen-bond acceptors (Lipinski definition) is 5. The highest BCUT2D eigenvalue weighted by Crippen LogP contribution is 2.68. The predicted octanol–water partition coefficient (Wildman–Crippen LogP) is 4.12. The van der Waals surface area contributed by atoms with Crippen LogP contribution in [-0.2, 0) is 14.4 Å². The molecule has 3 aliphatic rings. The number of halogens is 1. The molecule has 2 aromatic carbocycles. The van der Waals surface area contributed by atoms with E-state index < -0.39 is 28.7 Å². The van der Waals surface area contributed by atoms with Gasteiger partial charge < -0.3 is 20.6 Å². The number of nitrogens with zero attached hydrogens (tertiary/aromatic N) is 1. The maximum absolute atomic E-state index is 14.1. The van der Waals surface area contributed by atoms with E-state index in [-0.39, 0.29) is 34.4 Å². The van der Waals surface area contributed by atoms with Crippen molar-refractivity contribution in [3.63, 3.8) is 0 Å². The van der Waals surface area contributed by atoms with E-state index in [0.29, 0.717) is 24.2 Å². The molecule has 3 N–H and O–H groups in total. The van der Waals surface area contributed by atoms with Crippen LogP contribution in [0.25, 0.3) is 0 Å². The standard InChI is InChI=1S/C28H32BrN3O4S/c1-4-18(14-33)32-24(26(35)31-20-12-15(2)10-11-16(20)3)28-13-19(29)23(37-28)21(22(28)27(32)36)25(34)30-17-8-6-5-7-9-17/h5-12,18-19,21-24,33H,4,13-14H2,1-3H3,(H,30,34)(H,31,35)/t18-,19?,21+,22-,23+,24?,28?/m0/s1. The average molecular weight is 587 g/mol. The molecule has 5 rings (SSSR count). The third kappa shape index (κ3) is 4.29. The zero-order chi connectivity index (χ0) is 26.5. The summed E-state index contributed by atoms with van der Waals surface area (Å²) in [6, 6.07) is 13.8. The summed E-state index contributed by atoms with van der Waals surface area (Å²) in [6.07, 6.45) is 1.10. The number of hydrogen-bond donors (Lipinski definition) is 3. The van der Waals surface area contributed by atoms with Crippen LogP contribution in [0.15, 0.2) is 48.5 Å². The number of aliphatic hydroxyl groups excluding tert-OH is 1. The van der Waals surface area contributed by atoms with Crippen molar-refractivity contribution in [2.24, 2.45) is 11.8 Å². The van der Waals surface area contributed by atoms with Crippen LogP contribution >= 0.6 is 27.7 Å². The second-order valence-corrected chi connectivity index (χ2v) is 13.0. The van der Waals surface area contributed by atoms with E-state index in [1.54, 1.807) is 16.7 Å². The molecule has 1 spiro atoms. The number of aryl methyl sites for hydroxylation is 2. The Morgan fingerprint density at radius 2 is 1.89 bits per heavy atom. The second-order valence-electron chi connectivity index (χ2n) is 10.3. The van der Waals surface area contributed by atoms with Crippen LogP contribution in [0.3, 0.4) is 0 Å². The highest BCUT2D eigenvalue weighted by atomic mass is 79.9. The molecule has 3 unspecified atom stereocenters. The number of rotatable bonds is 7. The summed E-state index contributed by atoms with van der Waals surface area (Å²) in [5.41, 5.74) is 3.33. The molecule has 9 heteroatoms. The van der Waals surface area contributed by atoms with Crippen molar-refractivity contribution >= 4 is 56.8 Å². The molecule has 3 amide bonds. The normalized spacial score (nSPS) is 30.8. The quantitative estimate of drug-likeness (QED) is 0.425. The van der Waals surface area contributed by atoms with Gasteiger partial charge in [0, 0.05) is 21.5 Å². The zero-order valence-corrected chi connectivity index (χ0v) is 23.5. The summed E-state index contributed by atoms with van der Waals surface area (Å²) in [5.74, 6) is -1.93. The third-order valence-corrected chi connectivity index (χ3v) is 11.3. The Labute approximate surface area is 229 Å². The topological polar surface area (TPSA) is 98.7 Å². The average Bonchev–Trinajstić information content (AvgIpc) is 3.46. The predicted molar refractivity (Wildman–Crippen MR) is 150 cm³/mol. The van der Waals surface area contributed by atoms with E-state index in [1.807, 2.05) is 69.3 Å². The molecule has 0 radical (unpaired) electrons. The lowest BCUT2D eigenvalue weighted by molar-refractivity contribution is -0.141. The number of carbonyl (C=O) groups is 3. The maximum Gasteiger partial charge on any atom is 0.248 e. The minimum absolute atomic E-state index is 0.0155. The van der Waals surface area contributed by atoms with Gasteiger partial charge in [0.2, 0.25) is 17.7 Å². The zero-order valence-electron chi connectivity index (χ0n) is 21.1. The fraction of sp³-hybridized carbons (Fsp3) is 0.464. The van der Waals surface area contributed by atoms with Gasteiger partial charge in [-0.15, -0.1) is 11.8 Å². The Balaban J connectivity index is 1.54. The molecule has 3 fully saturated rings. The minimum Gasteiger partial charge on any atom is -0.394 e. The number of thioether (sulfide) groups is 1. The lowest BCUT2D eigenvalue weighted by atomic mass is 9.70. The van der Waals surface area contributed by atoms with Gasteiger partial charge in [-0.3, -0.25) is 14.4 Å². The van der Waals surface area contributed by atoms with Crippen molar-refractivity contribution in [2.75, 3.05) is 17.2 Å². The van der Waals surface area contributed by atoms with Gasteiger partial charge in [-0.05, 0) is 56.0 Å². The van der Waals surface area contributed by atoms with Crippen molar-refractivity contribution in [3.8, 4) is 0 Å². The Morgan fingerprint density at radius 3 is 2.57 bits per heavy atom. The van der Waals surface area contributed by atoms with Crippen LogP contribution in [-0.4, -0.2) is 61.2 Å². The van der Waals surface area contributed by atoms with Crippen LogP contribution in [0.2, 0.25) is 0 Å². The number of fused-ring (bicyclic) bond motifs is 1. The second kappa shape index (κ2) is 10.1.